The van der Waals surface area contributed by atoms with Crippen LogP contribution in [-0.2, 0) is 4.79 Å². The lowest BCUT2D eigenvalue weighted by Gasteiger charge is -2.29. The van der Waals surface area contributed by atoms with Crippen molar-refractivity contribution in [3.8, 4) is 0 Å². The average molecular weight is 244 g/mol. The summed E-state index contributed by atoms with van der Waals surface area (Å²) in [6.45, 7) is 10.3. The van der Waals surface area contributed by atoms with Gasteiger partial charge >= 0.3 is 12.0 Å². The molecule has 0 aliphatic carbocycles. The van der Waals surface area contributed by atoms with E-state index in [0.717, 1.165) is 0 Å². The van der Waals surface area contributed by atoms with Crippen LogP contribution in [0.3, 0.4) is 0 Å². The van der Waals surface area contributed by atoms with Crippen molar-refractivity contribution in [1.29, 1.82) is 0 Å². The first-order valence-electron chi connectivity index (χ1n) is 6.09. The van der Waals surface area contributed by atoms with Crippen LogP contribution in [0.2, 0.25) is 0 Å². The second kappa shape index (κ2) is 7.14. The summed E-state index contributed by atoms with van der Waals surface area (Å²) in [7, 11) is 0. The molecule has 0 unspecified atom stereocenters. The van der Waals surface area contributed by atoms with Crippen LogP contribution >= 0.6 is 0 Å². The van der Waals surface area contributed by atoms with Crippen molar-refractivity contribution < 1.29 is 14.7 Å². The monoisotopic (exact) mass is 244 g/mol. The van der Waals surface area contributed by atoms with Crippen molar-refractivity contribution in [2.75, 3.05) is 6.54 Å². The summed E-state index contributed by atoms with van der Waals surface area (Å²) in [5.74, 6) is -0.637. The first-order valence-corrected chi connectivity index (χ1v) is 6.09. The zero-order valence-corrected chi connectivity index (χ0v) is 11.4. The van der Waals surface area contributed by atoms with Gasteiger partial charge in [0, 0.05) is 12.6 Å². The molecule has 0 spiro atoms. The molecule has 0 aromatic rings. The van der Waals surface area contributed by atoms with Crippen molar-refractivity contribution in [2.24, 2.45) is 5.92 Å². The Bertz CT molecular complexity index is 264. The van der Waals surface area contributed by atoms with Crippen molar-refractivity contribution >= 4 is 12.0 Å². The molecular weight excluding hydrogens is 220 g/mol. The zero-order valence-electron chi connectivity index (χ0n) is 11.4. The van der Waals surface area contributed by atoms with E-state index in [9.17, 15) is 9.59 Å². The van der Waals surface area contributed by atoms with Gasteiger partial charge in [-0.3, -0.25) is 0 Å². The second-order valence-electron chi connectivity index (χ2n) is 4.89. The smallest absolute Gasteiger partial charge is 0.326 e. The Morgan fingerprint density at radius 1 is 1.24 bits per heavy atom. The van der Waals surface area contributed by atoms with Crippen LogP contribution < -0.4 is 5.32 Å². The van der Waals surface area contributed by atoms with Crippen LogP contribution in [0, 0.1) is 5.92 Å². The lowest BCUT2D eigenvalue weighted by molar-refractivity contribution is -0.139. The van der Waals surface area contributed by atoms with E-state index in [0.29, 0.717) is 18.9 Å². The van der Waals surface area contributed by atoms with Gasteiger partial charge in [-0.05, 0) is 26.2 Å². The van der Waals surface area contributed by atoms with Gasteiger partial charge in [-0.1, -0.05) is 20.8 Å². The van der Waals surface area contributed by atoms with Crippen LogP contribution in [0.15, 0.2) is 0 Å². The standard InChI is InChI=1S/C12H24N2O3/c1-6-10(11(15)16)13-12(17)14(9(4)5)7-8(2)3/h8-10H,6-7H2,1-5H3,(H,13,17)(H,15,16)/t10-/m0/s1. The molecule has 0 aliphatic heterocycles. The molecule has 100 valence electrons. The molecule has 1 atom stereocenters. The zero-order chi connectivity index (χ0) is 13.6. The molecule has 0 saturated heterocycles. The minimum Gasteiger partial charge on any atom is -0.480 e. The van der Waals surface area contributed by atoms with Gasteiger partial charge in [0.05, 0.1) is 0 Å². The van der Waals surface area contributed by atoms with Crippen LogP contribution in [0.5, 0.6) is 0 Å². The van der Waals surface area contributed by atoms with Gasteiger partial charge in [0.1, 0.15) is 6.04 Å². The third kappa shape index (κ3) is 5.56. The van der Waals surface area contributed by atoms with Crippen molar-refractivity contribution in [3.63, 3.8) is 0 Å². The number of carboxylic acid groups (broad SMARTS) is 1. The minimum absolute atomic E-state index is 0.0590. The predicted molar refractivity (Wildman–Crippen MR) is 66.9 cm³/mol. The Balaban J connectivity index is 4.56. The maximum Gasteiger partial charge on any atom is 0.326 e. The fourth-order valence-corrected chi connectivity index (χ4v) is 1.49. The minimum atomic E-state index is -0.992. The van der Waals surface area contributed by atoms with E-state index in [-0.39, 0.29) is 12.1 Å². The number of nitrogens with one attached hydrogen (secondary N) is 1. The maximum absolute atomic E-state index is 11.9. The molecule has 0 heterocycles. The van der Waals surface area contributed by atoms with Crippen LogP contribution in [0.1, 0.15) is 41.0 Å². The first kappa shape index (κ1) is 15.7. The number of amides is 2. The van der Waals surface area contributed by atoms with Crippen LogP contribution in [0.25, 0.3) is 0 Å². The SMILES string of the molecule is CC[C@H](NC(=O)N(CC(C)C)C(C)C)C(=O)O. The average Bonchev–Trinajstić information content (AvgIpc) is 2.20. The molecule has 0 aromatic heterocycles. The lowest BCUT2D eigenvalue weighted by Crippen LogP contribution is -2.50. The third-order valence-corrected chi connectivity index (χ3v) is 2.45. The molecule has 0 fully saturated rings. The van der Waals surface area contributed by atoms with E-state index in [1.165, 1.54) is 0 Å². The van der Waals surface area contributed by atoms with Gasteiger partial charge in [-0.15, -0.1) is 0 Å². The normalized spacial score (nSPS) is 12.6. The molecule has 0 radical (unpaired) electrons. The van der Waals surface area contributed by atoms with E-state index >= 15 is 0 Å². The van der Waals surface area contributed by atoms with E-state index in [2.05, 4.69) is 5.32 Å². The van der Waals surface area contributed by atoms with Gasteiger partial charge in [0.2, 0.25) is 0 Å². The molecule has 0 aromatic carbocycles. The van der Waals surface area contributed by atoms with Gasteiger partial charge in [0.15, 0.2) is 0 Å². The Labute approximate surface area is 103 Å². The number of nitrogens with zero attached hydrogens (tertiary/aromatic N) is 1. The molecule has 0 saturated carbocycles. The summed E-state index contributed by atoms with van der Waals surface area (Å²) >= 11 is 0. The summed E-state index contributed by atoms with van der Waals surface area (Å²) in [6, 6.07) is -1.05. The molecule has 2 N–H and O–H groups in total. The van der Waals surface area contributed by atoms with E-state index in [4.69, 9.17) is 5.11 Å². The molecule has 5 heteroatoms. The summed E-state index contributed by atoms with van der Waals surface area (Å²) in [4.78, 5) is 24.5. The highest BCUT2D eigenvalue weighted by molar-refractivity contribution is 5.82. The molecule has 0 aliphatic rings. The maximum atomic E-state index is 11.9. The van der Waals surface area contributed by atoms with Crippen molar-refractivity contribution in [2.45, 2.75) is 53.1 Å². The Kier molecular flexibility index (Phi) is 6.61. The number of carbonyl (C=O) groups excluding carboxylic acids is 1. The highest BCUT2D eigenvalue weighted by Gasteiger charge is 2.23. The highest BCUT2D eigenvalue weighted by atomic mass is 16.4. The quantitative estimate of drug-likeness (QED) is 0.750. The Morgan fingerprint density at radius 2 is 1.76 bits per heavy atom. The fourth-order valence-electron chi connectivity index (χ4n) is 1.49. The Hall–Kier alpha value is -1.26. The molecular formula is C12H24N2O3. The van der Waals surface area contributed by atoms with Gasteiger partial charge in [0.25, 0.3) is 0 Å². The van der Waals surface area contributed by atoms with E-state index in [1.807, 2.05) is 27.7 Å². The van der Waals surface area contributed by atoms with E-state index < -0.39 is 12.0 Å². The topological polar surface area (TPSA) is 69.6 Å². The number of carbonyl (C=O) groups is 2. The predicted octanol–water partition coefficient (Wildman–Crippen LogP) is 1.93. The Morgan fingerprint density at radius 3 is 2.06 bits per heavy atom. The summed E-state index contributed by atoms with van der Waals surface area (Å²) < 4.78 is 0. The first-order chi connectivity index (χ1) is 7.79. The van der Waals surface area contributed by atoms with Crippen LogP contribution in [0.4, 0.5) is 4.79 Å². The molecule has 5 nitrogen and oxygen atoms in total. The number of hydrogen-bond acceptors (Lipinski definition) is 2. The molecule has 17 heavy (non-hydrogen) atoms. The summed E-state index contributed by atoms with van der Waals surface area (Å²) in [5.41, 5.74) is 0. The lowest BCUT2D eigenvalue weighted by atomic mass is 10.2. The van der Waals surface area contributed by atoms with Crippen molar-refractivity contribution in [3.05, 3.63) is 0 Å². The van der Waals surface area contributed by atoms with Gasteiger partial charge < -0.3 is 15.3 Å². The number of aliphatic carboxylic acids is 1. The number of hydrogen-bond donors (Lipinski definition) is 2. The van der Waals surface area contributed by atoms with Gasteiger partial charge in [-0.2, -0.15) is 0 Å². The summed E-state index contributed by atoms with van der Waals surface area (Å²) in [6.07, 6.45) is 0.384. The third-order valence-electron chi connectivity index (χ3n) is 2.45. The van der Waals surface area contributed by atoms with E-state index in [1.54, 1.807) is 11.8 Å². The second-order valence-corrected chi connectivity index (χ2v) is 4.89. The fraction of sp³-hybridized carbons (Fsp3) is 0.833. The highest BCUT2D eigenvalue weighted by Crippen LogP contribution is 2.05. The summed E-state index contributed by atoms with van der Waals surface area (Å²) in [5, 5.41) is 11.4. The number of carboxylic acids is 1. The molecule has 0 rings (SSSR count). The number of rotatable bonds is 6. The van der Waals surface area contributed by atoms with Crippen molar-refractivity contribution in [1.82, 2.24) is 10.2 Å². The molecule has 0 bridgehead atoms. The van der Waals surface area contributed by atoms with Gasteiger partial charge in [-0.25, -0.2) is 9.59 Å². The van der Waals surface area contributed by atoms with Crippen LogP contribution in [-0.4, -0.2) is 40.6 Å². The largest absolute Gasteiger partial charge is 0.480 e. The molecule has 2 amide bonds. The number of urea groups is 1.